The summed E-state index contributed by atoms with van der Waals surface area (Å²) >= 11 is 0. The lowest BCUT2D eigenvalue weighted by molar-refractivity contribution is -0.122. The third-order valence-electron chi connectivity index (χ3n) is 6.11. The Morgan fingerprint density at radius 1 is 0.971 bits per heavy atom. The van der Waals surface area contributed by atoms with Crippen molar-refractivity contribution in [2.75, 3.05) is 38.8 Å². The summed E-state index contributed by atoms with van der Waals surface area (Å²) in [6, 6.07) is 13.5. The summed E-state index contributed by atoms with van der Waals surface area (Å²) in [5, 5.41) is 6.51. The molecule has 0 saturated heterocycles. The molecule has 2 aromatic rings. The van der Waals surface area contributed by atoms with Crippen molar-refractivity contribution in [3.8, 4) is 0 Å². The van der Waals surface area contributed by atoms with E-state index >= 15 is 0 Å². The second-order valence-electron chi connectivity index (χ2n) is 8.65. The molecule has 0 unspecified atom stereocenters. The maximum Gasteiger partial charge on any atom is 0.252 e. The van der Waals surface area contributed by atoms with E-state index in [0.717, 1.165) is 48.2 Å². The topological polar surface area (TPSA) is 79.9 Å². The first-order valence-electron chi connectivity index (χ1n) is 12.1. The molecule has 184 valence electrons. The number of carbonyl (C=O) groups excluding carboxylic acids is 2. The van der Waals surface area contributed by atoms with E-state index in [0.29, 0.717) is 31.8 Å². The van der Waals surface area contributed by atoms with Gasteiger partial charge in [0, 0.05) is 45.1 Å². The van der Waals surface area contributed by atoms with E-state index in [2.05, 4.69) is 10.6 Å². The molecule has 0 atom stereocenters. The fraction of sp³-hybridized carbons (Fsp3) is 0.481. The molecule has 0 fully saturated rings. The Balaban J connectivity index is 1.81. The van der Waals surface area contributed by atoms with Crippen molar-refractivity contribution in [3.05, 3.63) is 64.7 Å². The fourth-order valence-corrected chi connectivity index (χ4v) is 4.29. The molecule has 2 N–H and O–H groups in total. The predicted octanol–water partition coefficient (Wildman–Crippen LogP) is 3.80. The summed E-state index contributed by atoms with van der Waals surface area (Å²) < 4.78 is 10.4. The van der Waals surface area contributed by atoms with Gasteiger partial charge in [-0.3, -0.25) is 9.59 Å². The molecule has 0 aromatic heterocycles. The first-order valence-corrected chi connectivity index (χ1v) is 12.1. The highest BCUT2D eigenvalue weighted by molar-refractivity contribution is 5.98. The van der Waals surface area contributed by atoms with Crippen molar-refractivity contribution >= 4 is 17.5 Å². The molecule has 2 aromatic carbocycles. The van der Waals surface area contributed by atoms with Crippen LogP contribution in [0.25, 0.3) is 0 Å². The fourth-order valence-electron chi connectivity index (χ4n) is 4.29. The molecule has 0 bridgehead atoms. The molecule has 0 spiro atoms. The second kappa shape index (κ2) is 13.8. The largest absolute Gasteiger partial charge is 0.380 e. The Bertz CT molecular complexity index is 947. The molecule has 2 amide bonds. The summed E-state index contributed by atoms with van der Waals surface area (Å²) in [6.45, 7) is 3.13. The number of rotatable bonds is 7. The van der Waals surface area contributed by atoms with E-state index < -0.39 is 0 Å². The van der Waals surface area contributed by atoms with Crippen LogP contribution in [0.5, 0.6) is 0 Å². The van der Waals surface area contributed by atoms with E-state index in [-0.39, 0.29) is 18.4 Å². The minimum atomic E-state index is -0.143. The number of nitrogens with one attached hydrogen (secondary N) is 2. The van der Waals surface area contributed by atoms with Gasteiger partial charge in [-0.05, 0) is 54.3 Å². The van der Waals surface area contributed by atoms with E-state index in [1.807, 2.05) is 41.3 Å². The number of nitrogens with zero attached hydrogens (tertiary/aromatic N) is 1. The molecule has 0 aliphatic carbocycles. The molecular formula is C27H37N3O4. The molecular weight excluding hydrogens is 430 g/mol. The average molecular weight is 468 g/mol. The third kappa shape index (κ3) is 7.38. The van der Waals surface area contributed by atoms with Gasteiger partial charge in [-0.15, -0.1) is 0 Å². The van der Waals surface area contributed by atoms with Crippen LogP contribution in [-0.4, -0.2) is 45.7 Å². The van der Waals surface area contributed by atoms with Crippen LogP contribution in [-0.2, 0) is 34.0 Å². The van der Waals surface area contributed by atoms with Crippen molar-refractivity contribution in [1.29, 1.82) is 0 Å². The summed E-state index contributed by atoms with van der Waals surface area (Å²) in [5.74, 6) is -0.205. The summed E-state index contributed by atoms with van der Waals surface area (Å²) in [5.41, 5.74) is 4.45. The van der Waals surface area contributed by atoms with Crippen LogP contribution in [0, 0.1) is 0 Å². The molecule has 0 radical (unpaired) electrons. The number of hydrogen-bond donors (Lipinski definition) is 2. The molecule has 1 aliphatic rings. The van der Waals surface area contributed by atoms with Crippen molar-refractivity contribution in [2.24, 2.45) is 0 Å². The highest BCUT2D eigenvalue weighted by Crippen LogP contribution is 2.24. The lowest BCUT2D eigenvalue weighted by atomic mass is 10.0. The minimum Gasteiger partial charge on any atom is -0.380 e. The van der Waals surface area contributed by atoms with Gasteiger partial charge in [0.05, 0.1) is 6.61 Å². The van der Waals surface area contributed by atoms with Crippen LogP contribution >= 0.6 is 0 Å². The molecule has 7 heteroatoms. The molecule has 0 saturated carbocycles. The number of ether oxygens (including phenoxy) is 2. The lowest BCUT2D eigenvalue weighted by Crippen LogP contribution is -2.36. The maximum atomic E-state index is 13.0. The molecule has 1 aliphatic heterocycles. The van der Waals surface area contributed by atoms with E-state index in [9.17, 15) is 9.59 Å². The molecule has 34 heavy (non-hydrogen) atoms. The highest BCUT2D eigenvalue weighted by Gasteiger charge is 2.20. The van der Waals surface area contributed by atoms with Gasteiger partial charge in [0.15, 0.2) is 0 Å². The zero-order chi connectivity index (χ0) is 24.2. The SMILES string of the molecule is COCC(=O)N1CCCCCCCNCc2cc(C(=O)NCc3ccccc3COC)ccc21. The lowest BCUT2D eigenvalue weighted by Gasteiger charge is -2.26. The van der Waals surface area contributed by atoms with Crippen molar-refractivity contribution in [1.82, 2.24) is 10.6 Å². The summed E-state index contributed by atoms with van der Waals surface area (Å²) in [4.78, 5) is 27.6. The summed E-state index contributed by atoms with van der Waals surface area (Å²) in [6.07, 6.45) is 5.53. The standard InChI is InChI=1S/C27H37N3O4/c1-33-19-23-11-7-6-10-22(23)18-29-27(32)21-12-13-25-24(16-21)17-28-14-8-4-3-5-9-15-30(25)26(31)20-34-2/h6-7,10-13,16,28H,3-5,8-9,14-15,17-20H2,1-2H3,(H,29,32). The number of amides is 2. The van der Waals surface area contributed by atoms with Crippen LogP contribution in [0.2, 0.25) is 0 Å². The molecule has 3 rings (SSSR count). The van der Waals surface area contributed by atoms with Gasteiger partial charge in [-0.2, -0.15) is 0 Å². The van der Waals surface area contributed by atoms with Crippen molar-refractivity contribution in [3.63, 3.8) is 0 Å². The first-order chi connectivity index (χ1) is 16.6. The zero-order valence-electron chi connectivity index (χ0n) is 20.4. The van der Waals surface area contributed by atoms with Gasteiger partial charge < -0.3 is 25.0 Å². The zero-order valence-corrected chi connectivity index (χ0v) is 20.4. The molecule has 1 heterocycles. The first kappa shape index (κ1) is 25.9. The van der Waals surface area contributed by atoms with Crippen molar-refractivity contribution in [2.45, 2.75) is 51.8 Å². The van der Waals surface area contributed by atoms with Gasteiger partial charge in [0.1, 0.15) is 6.61 Å². The number of methoxy groups -OCH3 is 2. The van der Waals surface area contributed by atoms with Gasteiger partial charge >= 0.3 is 0 Å². The Morgan fingerprint density at radius 3 is 2.53 bits per heavy atom. The van der Waals surface area contributed by atoms with E-state index in [1.54, 1.807) is 13.2 Å². The molecule has 7 nitrogen and oxygen atoms in total. The van der Waals surface area contributed by atoms with Crippen molar-refractivity contribution < 1.29 is 19.1 Å². The Labute approximate surface area is 202 Å². The van der Waals surface area contributed by atoms with Crippen LogP contribution in [0.15, 0.2) is 42.5 Å². The normalized spacial score (nSPS) is 15.1. The van der Waals surface area contributed by atoms with Gasteiger partial charge in [0.2, 0.25) is 0 Å². The monoisotopic (exact) mass is 467 g/mol. The highest BCUT2D eigenvalue weighted by atomic mass is 16.5. The van der Waals surface area contributed by atoms with Crippen LogP contribution in [0.4, 0.5) is 5.69 Å². The van der Waals surface area contributed by atoms with E-state index in [4.69, 9.17) is 9.47 Å². The van der Waals surface area contributed by atoms with Gasteiger partial charge in [-0.25, -0.2) is 0 Å². The second-order valence-corrected chi connectivity index (χ2v) is 8.65. The van der Waals surface area contributed by atoms with Gasteiger partial charge in [0.25, 0.3) is 11.8 Å². The number of hydrogen-bond acceptors (Lipinski definition) is 5. The van der Waals surface area contributed by atoms with Crippen LogP contribution in [0.1, 0.15) is 59.2 Å². The smallest absolute Gasteiger partial charge is 0.252 e. The number of benzene rings is 2. The number of fused-ring (bicyclic) bond motifs is 1. The van der Waals surface area contributed by atoms with Crippen LogP contribution in [0.3, 0.4) is 0 Å². The maximum absolute atomic E-state index is 13.0. The predicted molar refractivity (Wildman–Crippen MR) is 134 cm³/mol. The summed E-state index contributed by atoms with van der Waals surface area (Å²) in [7, 11) is 3.20. The number of anilines is 1. The Morgan fingerprint density at radius 2 is 1.74 bits per heavy atom. The quantitative estimate of drug-likeness (QED) is 0.648. The average Bonchev–Trinajstić information content (AvgIpc) is 2.84. The minimum absolute atomic E-state index is 0.0377. The number of carbonyl (C=O) groups is 2. The van der Waals surface area contributed by atoms with Crippen LogP contribution < -0.4 is 15.5 Å². The van der Waals surface area contributed by atoms with E-state index in [1.165, 1.54) is 20.0 Å². The third-order valence-corrected chi connectivity index (χ3v) is 6.11. The van der Waals surface area contributed by atoms with Gasteiger partial charge in [-0.1, -0.05) is 43.5 Å². The Kier molecular flexibility index (Phi) is 10.5. The Hall–Kier alpha value is -2.74.